The Kier molecular flexibility index (Phi) is 4.66. The van der Waals surface area contributed by atoms with Crippen LogP contribution in [-0.4, -0.2) is 29.9 Å². The lowest BCUT2D eigenvalue weighted by molar-refractivity contribution is -0.140. The van der Waals surface area contributed by atoms with Gasteiger partial charge in [-0.05, 0) is 13.1 Å². The Hall–Kier alpha value is -1.18. The third-order valence-corrected chi connectivity index (χ3v) is 2.43. The fourth-order valence-electron chi connectivity index (χ4n) is 1.53. The molecule has 0 saturated carbocycles. The summed E-state index contributed by atoms with van der Waals surface area (Å²) in [6.45, 7) is -0.0726. The van der Waals surface area contributed by atoms with E-state index in [9.17, 15) is 27.8 Å². The highest BCUT2D eigenvalue weighted by atomic mass is 19.4. The molecule has 0 saturated heterocycles. The molecule has 0 heterocycles. The molecule has 0 aliphatic carbocycles. The highest BCUT2D eigenvalue weighted by molar-refractivity contribution is 5.30. The van der Waals surface area contributed by atoms with E-state index in [0.717, 1.165) is 12.1 Å². The summed E-state index contributed by atoms with van der Waals surface area (Å²) in [5.74, 6) is -1.56. The molecular formula is C11H13F4NO2. The van der Waals surface area contributed by atoms with Gasteiger partial charge in [0, 0.05) is 12.1 Å². The Morgan fingerprint density at radius 3 is 2.39 bits per heavy atom. The summed E-state index contributed by atoms with van der Waals surface area (Å²) in [6.07, 6.45) is -7.96. The zero-order valence-corrected chi connectivity index (χ0v) is 9.50. The Labute approximate surface area is 101 Å². The number of benzene rings is 1. The van der Waals surface area contributed by atoms with Gasteiger partial charge in [-0.2, -0.15) is 13.2 Å². The molecule has 0 aliphatic heterocycles. The first-order valence-corrected chi connectivity index (χ1v) is 5.15. The van der Waals surface area contributed by atoms with E-state index in [4.69, 9.17) is 0 Å². The van der Waals surface area contributed by atoms with Crippen LogP contribution < -0.4 is 5.32 Å². The minimum atomic E-state index is -4.84. The molecule has 18 heavy (non-hydrogen) atoms. The van der Waals surface area contributed by atoms with E-state index >= 15 is 0 Å². The fourth-order valence-corrected chi connectivity index (χ4v) is 1.53. The Balaban J connectivity index is 3.11. The first-order chi connectivity index (χ1) is 8.29. The summed E-state index contributed by atoms with van der Waals surface area (Å²) in [5, 5.41) is 21.6. The summed E-state index contributed by atoms with van der Waals surface area (Å²) >= 11 is 0. The van der Waals surface area contributed by atoms with Crippen molar-refractivity contribution in [2.45, 2.75) is 18.4 Å². The summed E-state index contributed by atoms with van der Waals surface area (Å²) in [4.78, 5) is 0. The van der Waals surface area contributed by atoms with Crippen LogP contribution in [0.2, 0.25) is 0 Å². The molecule has 3 nitrogen and oxygen atoms in total. The van der Waals surface area contributed by atoms with Crippen molar-refractivity contribution in [3.63, 3.8) is 0 Å². The predicted molar refractivity (Wildman–Crippen MR) is 56.3 cm³/mol. The van der Waals surface area contributed by atoms with E-state index in [1.807, 2.05) is 0 Å². The molecule has 7 heteroatoms. The van der Waals surface area contributed by atoms with Gasteiger partial charge in [0.25, 0.3) is 0 Å². The lowest BCUT2D eigenvalue weighted by Crippen LogP contribution is -2.30. The highest BCUT2D eigenvalue weighted by Crippen LogP contribution is 2.34. The topological polar surface area (TPSA) is 52.5 Å². The average molecular weight is 267 g/mol. The summed E-state index contributed by atoms with van der Waals surface area (Å²) in [5.41, 5.74) is -2.04. The highest BCUT2D eigenvalue weighted by Gasteiger charge is 2.36. The maximum Gasteiger partial charge on any atom is 0.419 e. The van der Waals surface area contributed by atoms with Crippen molar-refractivity contribution in [2.24, 2.45) is 0 Å². The molecule has 2 atom stereocenters. The van der Waals surface area contributed by atoms with Crippen molar-refractivity contribution in [3.05, 3.63) is 35.1 Å². The van der Waals surface area contributed by atoms with E-state index in [2.05, 4.69) is 5.32 Å². The zero-order valence-electron chi connectivity index (χ0n) is 9.50. The van der Waals surface area contributed by atoms with Crippen molar-refractivity contribution in [1.29, 1.82) is 0 Å². The lowest BCUT2D eigenvalue weighted by Gasteiger charge is -2.20. The maximum atomic E-state index is 13.6. The standard InChI is InChI=1S/C11H13F4NO2/c1-16-5-8(17)10(18)6-3-2-4-7(9(6)12)11(13,14)15/h2-4,8,10,16-18H,5H2,1H3. The third kappa shape index (κ3) is 3.18. The monoisotopic (exact) mass is 267 g/mol. The van der Waals surface area contributed by atoms with Crippen LogP contribution in [0, 0.1) is 5.82 Å². The first-order valence-electron chi connectivity index (χ1n) is 5.15. The molecule has 1 aromatic rings. The Morgan fingerprint density at radius 1 is 1.28 bits per heavy atom. The molecule has 3 N–H and O–H groups in total. The largest absolute Gasteiger partial charge is 0.419 e. The van der Waals surface area contributed by atoms with Gasteiger partial charge in [0.2, 0.25) is 0 Å². The van der Waals surface area contributed by atoms with Gasteiger partial charge in [-0.15, -0.1) is 0 Å². The maximum absolute atomic E-state index is 13.6. The van der Waals surface area contributed by atoms with Gasteiger partial charge in [0.05, 0.1) is 11.7 Å². The number of hydrogen-bond donors (Lipinski definition) is 3. The number of rotatable bonds is 4. The van der Waals surface area contributed by atoms with Crippen LogP contribution in [0.25, 0.3) is 0 Å². The van der Waals surface area contributed by atoms with Crippen molar-refractivity contribution in [2.75, 3.05) is 13.6 Å². The molecule has 0 aliphatic rings. The fraction of sp³-hybridized carbons (Fsp3) is 0.455. The predicted octanol–water partition coefficient (Wildman–Crippen LogP) is 1.46. The molecule has 1 aromatic carbocycles. The van der Waals surface area contributed by atoms with Crippen LogP contribution >= 0.6 is 0 Å². The zero-order chi connectivity index (χ0) is 13.9. The number of aliphatic hydroxyl groups is 2. The van der Waals surface area contributed by atoms with Gasteiger partial charge in [-0.25, -0.2) is 4.39 Å². The number of nitrogens with one attached hydrogen (secondary N) is 1. The normalized spacial score (nSPS) is 15.5. The second-order valence-electron chi connectivity index (χ2n) is 3.78. The first kappa shape index (κ1) is 14.9. The number of alkyl halides is 3. The number of halogens is 4. The smallest absolute Gasteiger partial charge is 0.389 e. The van der Waals surface area contributed by atoms with Gasteiger partial charge in [0.1, 0.15) is 11.9 Å². The molecule has 0 bridgehead atoms. The summed E-state index contributed by atoms with van der Waals surface area (Å²) in [6, 6.07) is 2.57. The van der Waals surface area contributed by atoms with E-state index in [0.29, 0.717) is 6.07 Å². The van der Waals surface area contributed by atoms with Crippen LogP contribution in [0.15, 0.2) is 18.2 Å². The minimum absolute atomic E-state index is 0.0726. The van der Waals surface area contributed by atoms with Crippen LogP contribution in [0.5, 0.6) is 0 Å². The van der Waals surface area contributed by atoms with Crippen LogP contribution in [0.4, 0.5) is 17.6 Å². The SMILES string of the molecule is CNCC(O)C(O)c1cccc(C(F)(F)F)c1F. The van der Waals surface area contributed by atoms with Crippen LogP contribution in [0.3, 0.4) is 0 Å². The van der Waals surface area contributed by atoms with E-state index in [1.165, 1.54) is 7.05 Å². The van der Waals surface area contributed by atoms with Crippen LogP contribution in [0.1, 0.15) is 17.2 Å². The number of aliphatic hydroxyl groups excluding tert-OH is 2. The molecular weight excluding hydrogens is 254 g/mol. The molecule has 102 valence electrons. The van der Waals surface area contributed by atoms with Crippen molar-refractivity contribution < 1.29 is 27.8 Å². The second kappa shape index (κ2) is 5.64. The van der Waals surface area contributed by atoms with Gasteiger partial charge in [-0.1, -0.05) is 12.1 Å². The number of likely N-dealkylation sites (N-methyl/N-ethyl adjacent to an activating group) is 1. The molecule has 0 amide bonds. The molecule has 0 spiro atoms. The van der Waals surface area contributed by atoms with Gasteiger partial charge >= 0.3 is 6.18 Å². The summed E-state index contributed by atoms with van der Waals surface area (Å²) in [7, 11) is 1.48. The quantitative estimate of drug-likeness (QED) is 0.724. The minimum Gasteiger partial charge on any atom is -0.389 e. The Morgan fingerprint density at radius 2 is 1.89 bits per heavy atom. The second-order valence-corrected chi connectivity index (χ2v) is 3.78. The summed E-state index contributed by atoms with van der Waals surface area (Å²) < 4.78 is 50.9. The lowest BCUT2D eigenvalue weighted by atomic mass is 10.0. The molecule has 0 aromatic heterocycles. The molecule has 0 radical (unpaired) electrons. The van der Waals surface area contributed by atoms with Crippen LogP contribution in [-0.2, 0) is 6.18 Å². The van der Waals surface area contributed by atoms with Gasteiger partial charge in [0.15, 0.2) is 0 Å². The van der Waals surface area contributed by atoms with Crippen molar-refractivity contribution in [3.8, 4) is 0 Å². The Bertz CT molecular complexity index is 409. The molecule has 2 unspecified atom stereocenters. The molecule has 0 fully saturated rings. The van der Waals surface area contributed by atoms with E-state index in [1.54, 1.807) is 0 Å². The van der Waals surface area contributed by atoms with E-state index < -0.39 is 35.3 Å². The van der Waals surface area contributed by atoms with Gasteiger partial charge < -0.3 is 15.5 Å². The third-order valence-electron chi connectivity index (χ3n) is 2.43. The van der Waals surface area contributed by atoms with Crippen molar-refractivity contribution in [1.82, 2.24) is 5.32 Å². The van der Waals surface area contributed by atoms with Gasteiger partial charge in [-0.3, -0.25) is 0 Å². The van der Waals surface area contributed by atoms with E-state index in [-0.39, 0.29) is 6.54 Å². The number of hydrogen-bond acceptors (Lipinski definition) is 3. The average Bonchev–Trinajstić information content (AvgIpc) is 2.27. The molecule has 1 rings (SSSR count). The van der Waals surface area contributed by atoms with Crippen molar-refractivity contribution >= 4 is 0 Å².